The molecule has 0 unspecified atom stereocenters. The molecule has 2 aromatic carbocycles. The van der Waals surface area contributed by atoms with E-state index in [0.29, 0.717) is 3.80 Å². The number of amides is 2. The van der Waals surface area contributed by atoms with Gasteiger partial charge < -0.3 is 0 Å². The van der Waals surface area contributed by atoms with Crippen molar-refractivity contribution in [2.45, 2.75) is 0 Å². The Morgan fingerprint density at radius 3 is 1.97 bits per heavy atom. The summed E-state index contributed by atoms with van der Waals surface area (Å²) in [5, 5.41) is 0. The molecule has 3 heterocycles. The zero-order valence-corrected chi connectivity index (χ0v) is 23.1. The van der Waals surface area contributed by atoms with Crippen LogP contribution in [0.25, 0.3) is 6.08 Å². The molecule has 5 rings (SSSR count). The van der Waals surface area contributed by atoms with Gasteiger partial charge in [0.1, 0.15) is 0 Å². The molecule has 3 aromatic rings. The molecule has 8 heteroatoms. The summed E-state index contributed by atoms with van der Waals surface area (Å²) in [6, 6.07) is 21.5. The Hall–Kier alpha value is -1.63. The topological polar surface area (TPSA) is 43.9 Å². The number of anilines is 3. The Bertz CT molecular complexity index is 1210. The van der Waals surface area contributed by atoms with Gasteiger partial charge in [0.25, 0.3) is 0 Å². The quantitative estimate of drug-likeness (QED) is 0.176. The van der Waals surface area contributed by atoms with Crippen molar-refractivity contribution < 1.29 is 9.59 Å². The molecule has 0 saturated carbocycles. The van der Waals surface area contributed by atoms with Gasteiger partial charge in [-0.25, -0.2) is 0 Å². The maximum absolute atomic E-state index is 12.7. The molecule has 0 N–H and O–H groups in total. The van der Waals surface area contributed by atoms with Gasteiger partial charge in [0.15, 0.2) is 0 Å². The second-order valence-corrected chi connectivity index (χ2v) is 13.5. The number of fused-ring (bicyclic) bond motifs is 2. The summed E-state index contributed by atoms with van der Waals surface area (Å²) in [5.41, 5.74) is 2.74. The minimum atomic E-state index is -0.420. The van der Waals surface area contributed by atoms with E-state index in [1.165, 1.54) is 33.0 Å². The Labute approximate surface area is 209 Å². The van der Waals surface area contributed by atoms with Crippen molar-refractivity contribution in [1.82, 2.24) is 9.80 Å². The average molecular weight is 702 g/mol. The van der Waals surface area contributed by atoms with Gasteiger partial charge in [-0.3, -0.25) is 0 Å². The van der Waals surface area contributed by atoms with Gasteiger partial charge in [-0.1, -0.05) is 0 Å². The van der Waals surface area contributed by atoms with Crippen LogP contribution >= 0.6 is 0 Å². The third kappa shape index (κ3) is 3.66. The molecule has 5 nitrogen and oxygen atoms in total. The van der Waals surface area contributed by atoms with E-state index in [0.717, 1.165) is 4.44 Å². The standard InChI is InChI=1S/C23H17N3O2SeTe2/c1-24-21(27)15(22(28)25(2)23(24)30)13-14-11-12-20(29-14)26-16-7-3-5-9-18(16)31-19-10-6-4-8-17(19)26/h3-13H,1-2H3. The first-order valence-electron chi connectivity index (χ1n) is 9.53. The number of carbonyl (C=O) groups excluding carboxylic acids is 2. The normalized spacial score (nSPS) is 15.9. The Balaban J connectivity index is 1.57. The SMILES string of the molecule is CN1C(=O)C(=Cc2ccc(N3c4ccccc4[Te]c4ccccc43)[se]2)C(=O)N(C)C1=[Te]. The minimum absolute atomic E-state index is 0.0142. The van der Waals surface area contributed by atoms with E-state index >= 15 is 0 Å². The van der Waals surface area contributed by atoms with Crippen LogP contribution in [-0.4, -0.2) is 96.8 Å². The van der Waals surface area contributed by atoms with Crippen LogP contribution < -0.4 is 12.1 Å². The first kappa shape index (κ1) is 21.2. The van der Waals surface area contributed by atoms with Crippen LogP contribution in [0.2, 0.25) is 0 Å². The molecule has 0 atom stereocenters. The zero-order chi connectivity index (χ0) is 21.7. The fourth-order valence-electron chi connectivity index (χ4n) is 3.60. The molecule has 0 bridgehead atoms. The number of nitrogens with zero attached hydrogens (tertiary/aromatic N) is 3. The van der Waals surface area contributed by atoms with Gasteiger partial charge in [0.2, 0.25) is 0 Å². The van der Waals surface area contributed by atoms with Crippen molar-refractivity contribution in [3.05, 3.63) is 70.7 Å². The third-order valence-electron chi connectivity index (χ3n) is 5.20. The zero-order valence-electron chi connectivity index (χ0n) is 16.7. The molecule has 2 amide bonds. The number of carbonyl (C=O) groups is 2. The Morgan fingerprint density at radius 1 is 0.839 bits per heavy atom. The van der Waals surface area contributed by atoms with Crippen LogP contribution in [0.3, 0.4) is 0 Å². The summed E-state index contributed by atoms with van der Waals surface area (Å²) in [7, 11) is 3.42. The molecule has 0 spiro atoms. The van der Waals surface area contributed by atoms with Gasteiger partial charge >= 0.3 is 211 Å². The summed E-state index contributed by atoms with van der Waals surface area (Å²) < 4.78 is 5.76. The predicted molar refractivity (Wildman–Crippen MR) is 127 cm³/mol. The molecular formula is C23H17N3O2SeTe2. The molecule has 2 aliphatic heterocycles. The van der Waals surface area contributed by atoms with E-state index < -0.39 is 20.9 Å². The first-order valence-corrected chi connectivity index (χ1v) is 14.7. The molecule has 1 fully saturated rings. The van der Waals surface area contributed by atoms with E-state index in [1.807, 2.05) is 6.07 Å². The van der Waals surface area contributed by atoms with Crippen molar-refractivity contribution in [3.63, 3.8) is 0 Å². The number of hydrogen-bond donors (Lipinski definition) is 0. The van der Waals surface area contributed by atoms with E-state index in [-0.39, 0.29) is 31.9 Å². The summed E-state index contributed by atoms with van der Waals surface area (Å²) in [6.07, 6.45) is 1.78. The molecular weight excluding hydrogens is 684 g/mol. The molecule has 2 aliphatic rings. The van der Waals surface area contributed by atoms with Crippen LogP contribution in [0.15, 0.2) is 66.2 Å². The average Bonchev–Trinajstić information content (AvgIpc) is 3.25. The molecule has 154 valence electrons. The van der Waals surface area contributed by atoms with Crippen molar-refractivity contribution in [2.75, 3.05) is 19.0 Å². The van der Waals surface area contributed by atoms with Crippen LogP contribution in [0.5, 0.6) is 0 Å². The van der Waals surface area contributed by atoms with E-state index in [4.69, 9.17) is 0 Å². The van der Waals surface area contributed by atoms with Gasteiger partial charge in [-0.15, -0.1) is 0 Å². The number of hydrogen-bond acceptors (Lipinski definition) is 3. The summed E-state index contributed by atoms with van der Waals surface area (Å²) in [6.45, 7) is 0. The van der Waals surface area contributed by atoms with Crippen LogP contribution in [-0.2, 0) is 9.59 Å². The summed E-state index contributed by atoms with van der Waals surface area (Å²) in [4.78, 5) is 30.9. The van der Waals surface area contributed by atoms with Crippen molar-refractivity contribution in [3.8, 4) is 0 Å². The van der Waals surface area contributed by atoms with Crippen molar-refractivity contribution in [2.24, 2.45) is 0 Å². The van der Waals surface area contributed by atoms with E-state index in [9.17, 15) is 9.59 Å². The van der Waals surface area contributed by atoms with Gasteiger partial charge in [0.05, 0.1) is 0 Å². The predicted octanol–water partition coefficient (Wildman–Crippen LogP) is 0.751. The Morgan fingerprint density at radius 2 is 1.39 bits per heavy atom. The molecule has 0 radical (unpaired) electrons. The maximum atomic E-state index is 12.7. The number of para-hydroxylation sites is 2. The third-order valence-corrected chi connectivity index (χ3v) is 12.1. The molecule has 1 aromatic heterocycles. The molecule has 31 heavy (non-hydrogen) atoms. The second-order valence-electron chi connectivity index (χ2n) is 7.12. The monoisotopic (exact) mass is 707 g/mol. The molecule has 1 saturated heterocycles. The number of rotatable bonds is 2. The van der Waals surface area contributed by atoms with Gasteiger partial charge in [-0.2, -0.15) is 0 Å². The molecule has 0 aliphatic carbocycles. The van der Waals surface area contributed by atoms with Crippen molar-refractivity contribution >= 4 is 102 Å². The fraction of sp³-hybridized carbons (Fsp3) is 0.0870. The fourth-order valence-corrected chi connectivity index (χ4v) is 9.14. The van der Waals surface area contributed by atoms with Gasteiger partial charge in [-0.05, 0) is 0 Å². The van der Waals surface area contributed by atoms with E-state index in [2.05, 4.69) is 59.5 Å². The number of benzene rings is 2. The summed E-state index contributed by atoms with van der Waals surface area (Å²) >= 11 is 1.26. The van der Waals surface area contributed by atoms with Crippen LogP contribution in [0.4, 0.5) is 15.9 Å². The second kappa shape index (κ2) is 8.38. The Kier molecular flexibility index (Phi) is 5.74. The van der Waals surface area contributed by atoms with Crippen LogP contribution in [0.1, 0.15) is 4.44 Å². The van der Waals surface area contributed by atoms with Crippen LogP contribution in [0, 0.1) is 0 Å². The number of likely N-dealkylation sites (N-methyl/N-ethyl adjacent to an activating group) is 2. The summed E-state index contributed by atoms with van der Waals surface area (Å²) in [5.74, 6) is -0.486. The van der Waals surface area contributed by atoms with E-state index in [1.54, 1.807) is 42.0 Å². The first-order chi connectivity index (χ1) is 15.0. The van der Waals surface area contributed by atoms with Gasteiger partial charge in [0, 0.05) is 0 Å². The van der Waals surface area contributed by atoms with Crippen molar-refractivity contribution in [1.29, 1.82) is 0 Å².